The Kier molecular flexibility index (Phi) is 4.06. The first-order valence-corrected chi connectivity index (χ1v) is 6.45. The zero-order valence-corrected chi connectivity index (χ0v) is 11.2. The fourth-order valence-electron chi connectivity index (χ4n) is 2.14. The molecule has 1 atom stereocenters. The lowest BCUT2D eigenvalue weighted by atomic mass is 10.1. The molecule has 0 spiro atoms. The number of carbonyl (C=O) groups excluding carboxylic acids is 1. The second-order valence-electron chi connectivity index (χ2n) is 4.30. The third kappa shape index (κ3) is 2.56. The van der Waals surface area contributed by atoms with Crippen LogP contribution in [0.1, 0.15) is 13.8 Å². The molecule has 19 heavy (non-hydrogen) atoms. The number of hydrazone groups is 1. The largest absolute Gasteiger partial charge is 0.298 e. The van der Waals surface area contributed by atoms with Gasteiger partial charge in [0, 0.05) is 6.21 Å². The van der Waals surface area contributed by atoms with Crippen LogP contribution in [0.25, 0.3) is 0 Å². The molecular formula is C14H18N4O. The van der Waals surface area contributed by atoms with E-state index in [1.807, 2.05) is 36.9 Å². The smallest absolute Gasteiger partial charge is 0.294 e. The lowest BCUT2D eigenvalue weighted by Gasteiger charge is -2.31. The van der Waals surface area contributed by atoms with Gasteiger partial charge in [-0.15, -0.1) is 0 Å². The molecule has 0 fully saturated rings. The van der Waals surface area contributed by atoms with Gasteiger partial charge in [-0.1, -0.05) is 32.0 Å². The Bertz CT molecular complexity index is 493. The topological polar surface area (TPSA) is 59.8 Å². The van der Waals surface area contributed by atoms with Gasteiger partial charge in [-0.2, -0.15) is 10.1 Å². The van der Waals surface area contributed by atoms with Gasteiger partial charge in [0.05, 0.1) is 11.7 Å². The average molecular weight is 258 g/mol. The molecule has 0 aromatic heterocycles. The predicted octanol–water partition coefficient (Wildman–Crippen LogP) is 1.75. The van der Waals surface area contributed by atoms with Gasteiger partial charge in [0.2, 0.25) is 0 Å². The van der Waals surface area contributed by atoms with Gasteiger partial charge < -0.3 is 0 Å². The summed E-state index contributed by atoms with van der Waals surface area (Å²) < 4.78 is 0. The van der Waals surface area contributed by atoms with E-state index in [1.165, 1.54) is 5.01 Å². The number of nitrogens with zero attached hydrogens (tertiary/aromatic N) is 3. The van der Waals surface area contributed by atoms with Crippen molar-refractivity contribution < 1.29 is 4.79 Å². The van der Waals surface area contributed by atoms with Crippen LogP contribution >= 0.6 is 0 Å². The first kappa shape index (κ1) is 13.4. The first-order chi connectivity index (χ1) is 9.19. The van der Waals surface area contributed by atoms with E-state index in [-0.39, 0.29) is 17.7 Å². The van der Waals surface area contributed by atoms with E-state index in [4.69, 9.17) is 5.41 Å². The number of para-hydroxylation sites is 1. The van der Waals surface area contributed by atoms with Crippen LogP contribution in [0.5, 0.6) is 0 Å². The van der Waals surface area contributed by atoms with E-state index in [1.54, 1.807) is 18.3 Å². The molecular weight excluding hydrogens is 240 g/mol. The van der Waals surface area contributed by atoms with Crippen LogP contribution in [0.4, 0.5) is 5.69 Å². The Morgan fingerprint density at radius 1 is 1.26 bits per heavy atom. The van der Waals surface area contributed by atoms with Crippen LogP contribution < -0.4 is 5.01 Å². The maximum atomic E-state index is 12.2. The van der Waals surface area contributed by atoms with Gasteiger partial charge >= 0.3 is 0 Å². The summed E-state index contributed by atoms with van der Waals surface area (Å²) in [7, 11) is 0. The number of hydrogen-bond acceptors (Lipinski definition) is 4. The Balaban J connectivity index is 2.27. The summed E-state index contributed by atoms with van der Waals surface area (Å²) in [4.78, 5) is 14.3. The molecule has 1 unspecified atom stereocenters. The molecule has 2 rings (SSSR count). The highest BCUT2D eigenvalue weighted by Crippen LogP contribution is 2.18. The van der Waals surface area contributed by atoms with Gasteiger partial charge in [-0.25, -0.2) is 0 Å². The number of amides is 1. The van der Waals surface area contributed by atoms with Gasteiger partial charge in [-0.3, -0.25) is 15.1 Å². The second-order valence-corrected chi connectivity index (χ2v) is 4.30. The van der Waals surface area contributed by atoms with Crippen LogP contribution in [0, 0.1) is 5.41 Å². The third-order valence-corrected chi connectivity index (χ3v) is 3.25. The van der Waals surface area contributed by atoms with E-state index in [0.29, 0.717) is 5.69 Å². The standard InChI is InChI=1S/C14H18N4O/c1-3-17(4-2)12-10-16-18(14(19)13(12)15)11-8-6-5-7-9-11/h5-10,12,15H,3-4H2,1-2H3. The first-order valence-electron chi connectivity index (χ1n) is 6.45. The molecule has 0 radical (unpaired) electrons. The van der Waals surface area contributed by atoms with Crippen molar-refractivity contribution in [2.75, 3.05) is 18.1 Å². The molecule has 5 heteroatoms. The summed E-state index contributed by atoms with van der Waals surface area (Å²) in [6.45, 7) is 5.60. The molecule has 100 valence electrons. The molecule has 5 nitrogen and oxygen atoms in total. The van der Waals surface area contributed by atoms with Crippen LogP contribution in [-0.2, 0) is 4.79 Å². The molecule has 1 aromatic carbocycles. The van der Waals surface area contributed by atoms with Gasteiger partial charge in [-0.05, 0) is 25.2 Å². The number of benzene rings is 1. The Morgan fingerprint density at radius 3 is 2.47 bits per heavy atom. The highest BCUT2D eigenvalue weighted by molar-refractivity contribution is 6.48. The Hall–Kier alpha value is -2.01. The van der Waals surface area contributed by atoms with E-state index < -0.39 is 0 Å². The highest BCUT2D eigenvalue weighted by Gasteiger charge is 2.32. The Labute approximate surface area is 113 Å². The number of nitrogens with one attached hydrogen (secondary N) is 1. The van der Waals surface area contributed by atoms with Crippen LogP contribution in [-0.4, -0.2) is 41.9 Å². The van der Waals surface area contributed by atoms with Crippen molar-refractivity contribution in [3.05, 3.63) is 30.3 Å². The zero-order chi connectivity index (χ0) is 13.8. The fourth-order valence-corrected chi connectivity index (χ4v) is 2.14. The van der Waals surface area contributed by atoms with Gasteiger partial charge in [0.1, 0.15) is 5.71 Å². The molecule has 0 aliphatic carbocycles. The number of hydrogen-bond donors (Lipinski definition) is 1. The minimum Gasteiger partial charge on any atom is -0.298 e. The van der Waals surface area contributed by atoms with Crippen molar-refractivity contribution in [3.63, 3.8) is 0 Å². The quantitative estimate of drug-likeness (QED) is 0.894. The van der Waals surface area contributed by atoms with E-state index in [0.717, 1.165) is 13.1 Å². The van der Waals surface area contributed by atoms with Crippen LogP contribution in [0.3, 0.4) is 0 Å². The number of rotatable bonds is 4. The molecule has 0 saturated carbocycles. The van der Waals surface area contributed by atoms with Crippen molar-refractivity contribution in [3.8, 4) is 0 Å². The number of anilines is 1. The highest BCUT2D eigenvalue weighted by atomic mass is 16.2. The summed E-state index contributed by atoms with van der Waals surface area (Å²) in [6, 6.07) is 8.87. The predicted molar refractivity (Wildman–Crippen MR) is 76.9 cm³/mol. The van der Waals surface area contributed by atoms with Gasteiger partial charge in [0.15, 0.2) is 0 Å². The average Bonchev–Trinajstić information content (AvgIpc) is 2.46. The van der Waals surface area contributed by atoms with Crippen LogP contribution in [0.2, 0.25) is 0 Å². The summed E-state index contributed by atoms with van der Waals surface area (Å²) in [5, 5.41) is 13.5. The lowest BCUT2D eigenvalue weighted by Crippen LogP contribution is -2.52. The Morgan fingerprint density at radius 2 is 1.89 bits per heavy atom. The minimum atomic E-state index is -0.356. The van der Waals surface area contributed by atoms with Crippen molar-refractivity contribution >= 4 is 23.5 Å². The van der Waals surface area contributed by atoms with Crippen molar-refractivity contribution in [2.24, 2.45) is 5.10 Å². The van der Waals surface area contributed by atoms with Gasteiger partial charge in [0.25, 0.3) is 5.91 Å². The monoisotopic (exact) mass is 258 g/mol. The second kappa shape index (κ2) is 5.75. The van der Waals surface area contributed by atoms with Crippen LogP contribution in [0.15, 0.2) is 35.4 Å². The van der Waals surface area contributed by atoms with Crippen molar-refractivity contribution in [1.82, 2.24) is 4.90 Å². The summed E-state index contributed by atoms with van der Waals surface area (Å²) in [5.74, 6) is -0.356. The maximum absolute atomic E-state index is 12.2. The third-order valence-electron chi connectivity index (χ3n) is 3.25. The molecule has 0 saturated heterocycles. The van der Waals surface area contributed by atoms with E-state index >= 15 is 0 Å². The normalized spacial score (nSPS) is 19.3. The molecule has 1 N–H and O–H groups in total. The molecule has 0 bridgehead atoms. The molecule has 1 aliphatic heterocycles. The zero-order valence-electron chi connectivity index (χ0n) is 11.2. The summed E-state index contributed by atoms with van der Waals surface area (Å²) in [6.07, 6.45) is 1.67. The fraction of sp³-hybridized carbons (Fsp3) is 0.357. The lowest BCUT2D eigenvalue weighted by molar-refractivity contribution is -0.113. The van der Waals surface area contributed by atoms with Crippen molar-refractivity contribution in [2.45, 2.75) is 19.9 Å². The summed E-state index contributed by atoms with van der Waals surface area (Å²) >= 11 is 0. The molecule has 1 amide bonds. The maximum Gasteiger partial charge on any atom is 0.294 e. The van der Waals surface area contributed by atoms with E-state index in [2.05, 4.69) is 5.10 Å². The summed E-state index contributed by atoms with van der Waals surface area (Å²) in [5.41, 5.74) is 0.758. The number of carbonyl (C=O) groups is 1. The minimum absolute atomic E-state index is 0.0718. The SMILES string of the molecule is CCN(CC)C1C=NN(c2ccccc2)C(=O)C1=N. The molecule has 1 heterocycles. The molecule has 1 aliphatic rings. The van der Waals surface area contributed by atoms with E-state index in [9.17, 15) is 4.79 Å². The molecule has 1 aromatic rings. The van der Waals surface area contributed by atoms with Crippen molar-refractivity contribution in [1.29, 1.82) is 5.41 Å².